The Hall–Kier alpha value is -0.751. The molecule has 1 atom stereocenters. The van der Waals surface area contributed by atoms with Crippen LogP contribution < -0.4 is 0 Å². The third kappa shape index (κ3) is 4.02. The van der Waals surface area contributed by atoms with Crippen molar-refractivity contribution in [3.8, 4) is 0 Å². The van der Waals surface area contributed by atoms with Gasteiger partial charge in [0.2, 0.25) is 0 Å². The summed E-state index contributed by atoms with van der Waals surface area (Å²) >= 11 is -2.56. The summed E-state index contributed by atoms with van der Waals surface area (Å²) in [5.41, 5.74) is 1.07. The molecule has 126 valence electrons. The first-order valence-electron chi connectivity index (χ1n) is 8.10. The Kier molecular flexibility index (Phi) is 5.67. The van der Waals surface area contributed by atoms with Crippen molar-refractivity contribution < 1.29 is 8.42 Å². The monoisotopic (exact) mass is 441 g/mol. The molecule has 0 radical (unpaired) electrons. The van der Waals surface area contributed by atoms with Gasteiger partial charge in [-0.05, 0) is 0 Å². The molecule has 0 bridgehead atoms. The first-order chi connectivity index (χ1) is 10.7. The van der Waals surface area contributed by atoms with Crippen LogP contribution in [0.15, 0.2) is 51.6 Å². The molecule has 3 nitrogen and oxygen atoms in total. The topological polar surface area (TPSA) is 37.4 Å². The van der Waals surface area contributed by atoms with Gasteiger partial charge in [-0.1, -0.05) is 0 Å². The van der Waals surface area contributed by atoms with Gasteiger partial charge in [-0.15, -0.1) is 0 Å². The van der Waals surface area contributed by atoms with Gasteiger partial charge in [-0.2, -0.15) is 0 Å². The fourth-order valence-electron chi connectivity index (χ4n) is 3.01. The van der Waals surface area contributed by atoms with E-state index in [1.165, 1.54) is 0 Å². The molecule has 1 aliphatic rings. The van der Waals surface area contributed by atoms with Crippen molar-refractivity contribution in [3.05, 3.63) is 52.3 Å². The number of nitrogens with zero attached hydrogens (tertiary/aromatic N) is 1. The van der Waals surface area contributed by atoms with E-state index in [1.807, 2.05) is 25.1 Å². The Balaban J connectivity index is 2.55. The van der Waals surface area contributed by atoms with Crippen LogP contribution in [-0.2, 0) is 10.0 Å². The summed E-state index contributed by atoms with van der Waals surface area (Å²) < 4.78 is 29.5. The van der Waals surface area contributed by atoms with E-state index in [4.69, 9.17) is 0 Å². The van der Waals surface area contributed by atoms with Crippen molar-refractivity contribution in [2.24, 2.45) is 0 Å². The Morgan fingerprint density at radius 2 is 1.87 bits per heavy atom. The number of aryl methyl sites for hydroxylation is 1. The van der Waals surface area contributed by atoms with Gasteiger partial charge < -0.3 is 0 Å². The predicted molar refractivity (Wildman–Crippen MR) is 99.5 cm³/mol. The fraction of sp³-hybridized carbons (Fsp3) is 0.444. The second kappa shape index (κ2) is 7.01. The fourth-order valence-corrected chi connectivity index (χ4v) is 12.1. The molecule has 0 aliphatic carbocycles. The zero-order valence-electron chi connectivity index (χ0n) is 14.5. The van der Waals surface area contributed by atoms with E-state index in [9.17, 15) is 8.42 Å². The summed E-state index contributed by atoms with van der Waals surface area (Å²) in [5, 5.41) is 0. The van der Waals surface area contributed by atoms with Gasteiger partial charge in [0.25, 0.3) is 0 Å². The average Bonchev–Trinajstić information content (AvgIpc) is 2.47. The Bertz CT molecular complexity index is 700. The zero-order valence-corrected chi connectivity index (χ0v) is 18.2. The molecule has 0 aromatic heterocycles. The van der Waals surface area contributed by atoms with Crippen LogP contribution in [0.4, 0.5) is 0 Å². The van der Waals surface area contributed by atoms with Crippen molar-refractivity contribution in [1.82, 2.24) is 4.31 Å². The number of hydrogen-bond acceptors (Lipinski definition) is 2. The molecule has 1 heterocycles. The van der Waals surface area contributed by atoms with Gasteiger partial charge in [0, 0.05) is 0 Å². The van der Waals surface area contributed by atoms with Crippen LogP contribution in [-0.4, -0.2) is 37.1 Å². The number of benzene rings is 1. The Labute approximate surface area is 145 Å². The zero-order chi connectivity index (χ0) is 17.3. The molecule has 1 aromatic rings. The van der Waals surface area contributed by atoms with Gasteiger partial charge in [-0.25, -0.2) is 0 Å². The Morgan fingerprint density at radius 3 is 2.39 bits per heavy atom. The molecule has 5 heteroatoms. The summed E-state index contributed by atoms with van der Waals surface area (Å²) in [6.07, 6.45) is 6.53. The van der Waals surface area contributed by atoms with Gasteiger partial charge in [0.05, 0.1) is 0 Å². The van der Waals surface area contributed by atoms with E-state index in [0.29, 0.717) is 11.3 Å². The van der Waals surface area contributed by atoms with Crippen molar-refractivity contribution in [2.45, 2.75) is 51.9 Å². The molecule has 1 aromatic carbocycles. The first kappa shape index (κ1) is 18.6. The summed E-state index contributed by atoms with van der Waals surface area (Å²) in [7, 11) is -3.51. The molecule has 0 fully saturated rings. The standard InChI is InChI=1S/C15H18NO2S.3CH3.Sn/c1-3-6-14-7-4-5-12-16(14)19(17,18)15-10-8-13(2)9-11-15;;;;/h3,5,8-11,14H,1,4,6-7H2,2H3;3*1H3;/t14-;;;;/m0..../s1. The molecule has 0 amide bonds. The molecule has 0 saturated heterocycles. The second-order valence-corrected chi connectivity index (χ2v) is 23.3. The molecule has 0 spiro atoms. The second-order valence-electron chi connectivity index (χ2n) is 7.21. The third-order valence-electron chi connectivity index (χ3n) is 4.19. The third-order valence-corrected chi connectivity index (χ3v) is 12.2. The molecule has 0 saturated carbocycles. The van der Waals surface area contributed by atoms with E-state index < -0.39 is 28.4 Å². The first-order valence-corrected chi connectivity index (χ1v) is 19.5. The molecule has 0 unspecified atom stereocenters. The van der Waals surface area contributed by atoms with E-state index >= 15 is 0 Å². The van der Waals surface area contributed by atoms with E-state index in [0.717, 1.165) is 22.1 Å². The SMILES string of the molecule is C=CC[C@H]1CCC=[C]([Sn]([CH3])([CH3])[CH3])N1S(=O)(=O)c1ccc(C)cc1. The van der Waals surface area contributed by atoms with Crippen LogP contribution in [0.5, 0.6) is 0 Å². The normalized spacial score (nSPS) is 19.4. The van der Waals surface area contributed by atoms with Crippen molar-refractivity contribution >= 4 is 28.4 Å². The van der Waals surface area contributed by atoms with E-state index in [1.54, 1.807) is 16.4 Å². The maximum atomic E-state index is 13.3. The molecule has 0 N–H and O–H groups in total. The number of allylic oxidation sites excluding steroid dienone is 1. The quantitative estimate of drug-likeness (QED) is 0.500. The minimum atomic E-state index is -3.51. The number of hydrogen-bond donors (Lipinski definition) is 0. The van der Waals surface area contributed by atoms with Crippen LogP contribution in [0.3, 0.4) is 0 Å². The van der Waals surface area contributed by atoms with Crippen LogP contribution in [0, 0.1) is 6.92 Å². The number of sulfonamides is 1. The average molecular weight is 440 g/mol. The van der Waals surface area contributed by atoms with Gasteiger partial charge in [0.1, 0.15) is 0 Å². The van der Waals surface area contributed by atoms with Crippen LogP contribution in [0.1, 0.15) is 24.8 Å². The van der Waals surface area contributed by atoms with E-state index in [2.05, 4.69) is 27.5 Å². The molecular weight excluding hydrogens is 413 g/mol. The van der Waals surface area contributed by atoms with Crippen molar-refractivity contribution in [3.63, 3.8) is 0 Å². The summed E-state index contributed by atoms with van der Waals surface area (Å²) in [5.74, 6) is 0. The summed E-state index contributed by atoms with van der Waals surface area (Å²) in [6, 6.07) is 7.17. The summed E-state index contributed by atoms with van der Waals surface area (Å²) in [4.78, 5) is 7.21. The minimum absolute atomic E-state index is 0.00488. The summed E-state index contributed by atoms with van der Waals surface area (Å²) in [6.45, 7) is 5.79. The molecule has 23 heavy (non-hydrogen) atoms. The van der Waals surface area contributed by atoms with E-state index in [-0.39, 0.29) is 6.04 Å². The van der Waals surface area contributed by atoms with Crippen molar-refractivity contribution in [1.29, 1.82) is 0 Å². The van der Waals surface area contributed by atoms with Gasteiger partial charge >= 0.3 is 145 Å². The molecular formula is C18H27NO2SSn. The maximum absolute atomic E-state index is 13.3. The molecule has 2 rings (SSSR count). The van der Waals surface area contributed by atoms with Gasteiger partial charge in [-0.3, -0.25) is 0 Å². The van der Waals surface area contributed by atoms with Crippen molar-refractivity contribution in [2.75, 3.05) is 0 Å². The van der Waals surface area contributed by atoms with Crippen LogP contribution in [0.2, 0.25) is 14.8 Å². The number of rotatable bonds is 5. The predicted octanol–water partition coefficient (Wildman–Crippen LogP) is 4.49. The van der Waals surface area contributed by atoms with Gasteiger partial charge in [0.15, 0.2) is 0 Å². The van der Waals surface area contributed by atoms with Crippen LogP contribution >= 0.6 is 0 Å². The molecule has 1 aliphatic heterocycles. The van der Waals surface area contributed by atoms with Crippen LogP contribution in [0.25, 0.3) is 0 Å². The Morgan fingerprint density at radius 1 is 1.26 bits per heavy atom.